The van der Waals surface area contributed by atoms with Gasteiger partial charge in [0.15, 0.2) is 0 Å². The Labute approximate surface area is 221 Å². The molecule has 0 N–H and O–H groups in total. The normalized spacial score (nSPS) is 11.5. The molecule has 198 valence electrons. The van der Waals surface area contributed by atoms with Crippen LogP contribution in [0.4, 0.5) is 11.6 Å². The first-order valence-corrected chi connectivity index (χ1v) is 14.1. The van der Waals surface area contributed by atoms with Gasteiger partial charge in [0.25, 0.3) is 0 Å². The van der Waals surface area contributed by atoms with Gasteiger partial charge in [-0.3, -0.25) is 0 Å². The van der Waals surface area contributed by atoms with Crippen LogP contribution in [-0.4, -0.2) is 31.2 Å². The molecule has 2 aromatic rings. The lowest BCUT2D eigenvalue weighted by molar-refractivity contribution is 0.528. The minimum absolute atomic E-state index is 0.599. The maximum atomic E-state index is 10.4. The summed E-state index contributed by atoms with van der Waals surface area (Å²) in [5, 5.41) is 10.4. The van der Waals surface area contributed by atoms with E-state index in [9.17, 15) is 5.26 Å². The van der Waals surface area contributed by atoms with Gasteiger partial charge in [0, 0.05) is 31.7 Å². The van der Waals surface area contributed by atoms with E-state index in [4.69, 9.17) is 4.98 Å². The maximum absolute atomic E-state index is 10.4. The number of hydrogen-bond donors (Lipinski definition) is 0. The molecular formula is C32H50N4. The summed E-state index contributed by atoms with van der Waals surface area (Å²) in [6.45, 7) is 22.0. The van der Waals surface area contributed by atoms with Gasteiger partial charge in [0.2, 0.25) is 0 Å². The molecule has 2 rings (SSSR count). The first-order chi connectivity index (χ1) is 17.1. The fourth-order valence-electron chi connectivity index (χ4n) is 4.19. The summed E-state index contributed by atoms with van der Waals surface area (Å²) in [5.41, 5.74) is 2.78. The molecular weight excluding hydrogens is 440 g/mol. The van der Waals surface area contributed by atoms with Crippen molar-refractivity contribution in [2.75, 3.05) is 36.0 Å². The Bertz CT molecular complexity index is 917. The van der Waals surface area contributed by atoms with Gasteiger partial charge in [0.05, 0.1) is 0 Å². The highest BCUT2D eigenvalue weighted by Crippen LogP contribution is 2.34. The van der Waals surface area contributed by atoms with E-state index in [-0.39, 0.29) is 0 Å². The van der Waals surface area contributed by atoms with Crippen molar-refractivity contribution in [1.29, 1.82) is 5.26 Å². The van der Waals surface area contributed by atoms with Crippen LogP contribution in [0, 0.1) is 35.0 Å². The summed E-state index contributed by atoms with van der Waals surface area (Å²) in [4.78, 5) is 10.1. The number of benzene rings is 1. The maximum Gasteiger partial charge on any atom is 0.149 e. The number of rotatable bonds is 15. The highest BCUT2D eigenvalue weighted by Gasteiger charge is 2.22. The Morgan fingerprint density at radius 1 is 0.694 bits per heavy atom. The van der Waals surface area contributed by atoms with Gasteiger partial charge >= 0.3 is 0 Å². The van der Waals surface area contributed by atoms with Crippen LogP contribution in [0.15, 0.2) is 36.4 Å². The van der Waals surface area contributed by atoms with Crippen LogP contribution < -0.4 is 9.80 Å². The van der Waals surface area contributed by atoms with Gasteiger partial charge < -0.3 is 9.80 Å². The molecule has 1 aromatic carbocycles. The summed E-state index contributed by atoms with van der Waals surface area (Å²) < 4.78 is 0. The average molecular weight is 491 g/mol. The number of pyridine rings is 1. The van der Waals surface area contributed by atoms with Crippen LogP contribution in [0.5, 0.6) is 0 Å². The van der Waals surface area contributed by atoms with Crippen LogP contribution in [0.2, 0.25) is 0 Å². The lowest BCUT2D eigenvalue weighted by atomic mass is 9.99. The summed E-state index contributed by atoms with van der Waals surface area (Å²) in [7, 11) is 0. The Morgan fingerprint density at radius 3 is 1.56 bits per heavy atom. The third-order valence-corrected chi connectivity index (χ3v) is 6.71. The molecule has 0 radical (unpaired) electrons. The Morgan fingerprint density at radius 2 is 1.14 bits per heavy atom. The van der Waals surface area contributed by atoms with E-state index in [1.165, 1.54) is 0 Å². The van der Waals surface area contributed by atoms with Gasteiger partial charge in [-0.25, -0.2) is 4.98 Å². The Hall–Kier alpha value is -2.54. The van der Waals surface area contributed by atoms with Crippen molar-refractivity contribution >= 4 is 11.6 Å². The van der Waals surface area contributed by atoms with E-state index in [0.717, 1.165) is 74.6 Å². The molecule has 0 amide bonds. The van der Waals surface area contributed by atoms with Gasteiger partial charge in [-0.1, -0.05) is 85.7 Å². The van der Waals surface area contributed by atoms with Crippen molar-refractivity contribution in [3.63, 3.8) is 0 Å². The van der Waals surface area contributed by atoms with Crippen molar-refractivity contribution < 1.29 is 0 Å². The smallest absolute Gasteiger partial charge is 0.149 e. The van der Waals surface area contributed by atoms with E-state index < -0.39 is 0 Å². The molecule has 4 nitrogen and oxygen atoms in total. The zero-order valence-electron chi connectivity index (χ0n) is 24.2. The molecule has 0 fully saturated rings. The van der Waals surface area contributed by atoms with E-state index >= 15 is 0 Å². The summed E-state index contributed by atoms with van der Waals surface area (Å²) in [5.74, 6) is 4.32. The SMILES string of the molecule is CC(C)CCN(CCC(C)C)c1cc(-c2ccccc2)c(C#N)c(N(CCC(C)C)CCC(C)C)n1. The zero-order chi connectivity index (χ0) is 26.7. The standard InChI is InChI=1S/C32H50N4/c1-24(2)14-18-35(19-15-25(3)4)31-22-29(28-12-10-9-11-13-28)30(23-33)32(34-31)36(20-16-26(5)6)21-17-27(7)8/h9-13,22,24-27H,14-21H2,1-8H3. The second kappa shape index (κ2) is 14.9. The molecule has 1 aromatic heterocycles. The molecule has 36 heavy (non-hydrogen) atoms. The third-order valence-electron chi connectivity index (χ3n) is 6.71. The van der Waals surface area contributed by atoms with Crippen molar-refractivity contribution in [1.82, 2.24) is 4.98 Å². The first kappa shape index (κ1) is 29.7. The quantitative estimate of drug-likeness (QED) is 0.251. The first-order valence-electron chi connectivity index (χ1n) is 14.1. The number of aromatic nitrogens is 1. The molecule has 0 atom stereocenters. The van der Waals surface area contributed by atoms with E-state index in [1.807, 2.05) is 6.07 Å². The van der Waals surface area contributed by atoms with Crippen LogP contribution in [0.3, 0.4) is 0 Å². The third kappa shape index (κ3) is 9.49. The molecule has 0 saturated carbocycles. The van der Waals surface area contributed by atoms with Gasteiger partial charge in [0.1, 0.15) is 23.3 Å². The van der Waals surface area contributed by atoms with Crippen molar-refractivity contribution in [2.45, 2.75) is 81.1 Å². The molecule has 0 saturated heterocycles. The van der Waals surface area contributed by atoms with Gasteiger partial charge in [-0.2, -0.15) is 5.26 Å². The second-order valence-electron chi connectivity index (χ2n) is 11.9. The summed E-state index contributed by atoms with van der Waals surface area (Å²) in [6, 6.07) is 15.1. The average Bonchev–Trinajstić information content (AvgIpc) is 2.83. The van der Waals surface area contributed by atoms with Gasteiger partial charge in [-0.05, 0) is 61.0 Å². The van der Waals surface area contributed by atoms with E-state index in [0.29, 0.717) is 29.2 Å². The van der Waals surface area contributed by atoms with Gasteiger partial charge in [-0.15, -0.1) is 0 Å². The lowest BCUT2D eigenvalue weighted by Gasteiger charge is -2.31. The number of nitriles is 1. The Kier molecular flexibility index (Phi) is 12.3. The number of nitrogens with zero attached hydrogens (tertiary/aromatic N) is 4. The monoisotopic (exact) mass is 490 g/mol. The number of hydrogen-bond acceptors (Lipinski definition) is 4. The summed E-state index contributed by atoms with van der Waals surface area (Å²) in [6.07, 6.45) is 4.42. The predicted octanol–water partition coefficient (Wildman–Crippen LogP) is 8.42. The molecule has 0 aliphatic rings. The molecule has 0 bridgehead atoms. The predicted molar refractivity (Wildman–Crippen MR) is 157 cm³/mol. The van der Waals surface area contributed by atoms with Crippen molar-refractivity contribution in [2.24, 2.45) is 23.7 Å². The van der Waals surface area contributed by atoms with Crippen LogP contribution >= 0.6 is 0 Å². The molecule has 0 aliphatic carbocycles. The van der Waals surface area contributed by atoms with Crippen LogP contribution in [-0.2, 0) is 0 Å². The minimum Gasteiger partial charge on any atom is -0.357 e. The highest BCUT2D eigenvalue weighted by molar-refractivity contribution is 5.79. The second-order valence-corrected chi connectivity index (χ2v) is 11.9. The molecule has 0 spiro atoms. The van der Waals surface area contributed by atoms with Crippen LogP contribution in [0.1, 0.15) is 86.6 Å². The van der Waals surface area contributed by atoms with Crippen molar-refractivity contribution in [3.05, 3.63) is 42.0 Å². The summed E-state index contributed by atoms with van der Waals surface area (Å²) >= 11 is 0. The highest BCUT2D eigenvalue weighted by atomic mass is 15.2. The van der Waals surface area contributed by atoms with E-state index in [1.54, 1.807) is 0 Å². The zero-order valence-corrected chi connectivity index (χ0v) is 24.2. The fourth-order valence-corrected chi connectivity index (χ4v) is 4.19. The molecule has 0 aliphatic heterocycles. The molecule has 4 heteroatoms. The lowest BCUT2D eigenvalue weighted by Crippen LogP contribution is -2.32. The largest absolute Gasteiger partial charge is 0.357 e. The Balaban J connectivity index is 2.68. The van der Waals surface area contributed by atoms with Crippen molar-refractivity contribution in [3.8, 4) is 17.2 Å². The topological polar surface area (TPSA) is 43.2 Å². The molecule has 0 unspecified atom stereocenters. The minimum atomic E-state index is 0.599. The van der Waals surface area contributed by atoms with E-state index in [2.05, 4.69) is 102 Å². The fraction of sp³-hybridized carbons (Fsp3) is 0.625. The number of anilines is 2. The van der Waals surface area contributed by atoms with Crippen LogP contribution in [0.25, 0.3) is 11.1 Å². The molecule has 1 heterocycles.